The van der Waals surface area contributed by atoms with E-state index < -0.39 is 0 Å². The van der Waals surface area contributed by atoms with Gasteiger partial charge in [0.15, 0.2) is 11.3 Å². The molecule has 5 rings (SSSR count). The van der Waals surface area contributed by atoms with Crippen LogP contribution in [0.25, 0.3) is 28.2 Å². The molecule has 0 radical (unpaired) electrons. The molecule has 1 fully saturated rings. The Morgan fingerprint density at radius 2 is 1.47 bits per heavy atom. The lowest BCUT2D eigenvalue weighted by Gasteiger charge is -2.31. The van der Waals surface area contributed by atoms with Gasteiger partial charge in [0.1, 0.15) is 0 Å². The van der Waals surface area contributed by atoms with Gasteiger partial charge in [0.2, 0.25) is 0 Å². The zero-order valence-corrected chi connectivity index (χ0v) is 16.9. The van der Waals surface area contributed by atoms with Crippen molar-refractivity contribution in [1.82, 2.24) is 24.4 Å². The van der Waals surface area contributed by atoms with E-state index in [1.807, 2.05) is 71.6 Å². The van der Waals surface area contributed by atoms with Gasteiger partial charge in [-0.3, -0.25) is 4.79 Å². The van der Waals surface area contributed by atoms with Crippen LogP contribution in [0.3, 0.4) is 0 Å². The van der Waals surface area contributed by atoms with Crippen molar-refractivity contribution in [1.29, 1.82) is 0 Å². The summed E-state index contributed by atoms with van der Waals surface area (Å²) >= 11 is 0. The van der Waals surface area contributed by atoms with Gasteiger partial charge in [0.05, 0.1) is 11.4 Å². The summed E-state index contributed by atoms with van der Waals surface area (Å²) in [5.41, 5.74) is 4.95. The number of carbonyl (C=O) groups excluding carboxylic acids is 1. The Morgan fingerprint density at radius 1 is 0.833 bits per heavy atom. The Hall–Kier alpha value is -3.51. The van der Waals surface area contributed by atoms with Crippen LogP contribution in [0.4, 0.5) is 0 Å². The average Bonchev–Trinajstić information content (AvgIpc) is 3.24. The third-order valence-electron chi connectivity index (χ3n) is 5.58. The van der Waals surface area contributed by atoms with Crippen molar-refractivity contribution >= 4 is 11.6 Å². The van der Waals surface area contributed by atoms with E-state index in [0.717, 1.165) is 48.7 Å². The molecule has 4 aromatic rings. The molecule has 3 heterocycles. The lowest BCUT2D eigenvalue weighted by Crippen LogP contribution is -2.47. The molecule has 1 aliphatic heterocycles. The average molecular weight is 397 g/mol. The van der Waals surface area contributed by atoms with E-state index in [1.54, 1.807) is 10.6 Å². The molecule has 0 aliphatic carbocycles. The fraction of sp³-hybridized carbons (Fsp3) is 0.208. The topological polar surface area (TPSA) is 53.7 Å². The van der Waals surface area contributed by atoms with Gasteiger partial charge in [-0.1, -0.05) is 60.7 Å². The summed E-state index contributed by atoms with van der Waals surface area (Å²) in [5, 5.41) is 4.67. The highest BCUT2D eigenvalue weighted by molar-refractivity contribution is 5.93. The predicted molar refractivity (Wildman–Crippen MR) is 117 cm³/mol. The monoisotopic (exact) mass is 397 g/mol. The van der Waals surface area contributed by atoms with Crippen molar-refractivity contribution in [2.45, 2.75) is 0 Å². The minimum atomic E-state index is -0.0335. The first-order valence-electron chi connectivity index (χ1n) is 10.2. The molecule has 150 valence electrons. The first-order valence-corrected chi connectivity index (χ1v) is 10.2. The number of nitrogens with zero attached hydrogens (tertiary/aromatic N) is 5. The smallest absolute Gasteiger partial charge is 0.274 e. The lowest BCUT2D eigenvalue weighted by molar-refractivity contribution is 0.0658. The van der Waals surface area contributed by atoms with Crippen LogP contribution in [0.5, 0.6) is 0 Å². The molecule has 2 aromatic heterocycles. The maximum atomic E-state index is 13.1. The van der Waals surface area contributed by atoms with Crippen molar-refractivity contribution in [3.05, 3.63) is 78.5 Å². The summed E-state index contributed by atoms with van der Waals surface area (Å²) < 4.78 is 1.78. The Bertz CT molecular complexity index is 1180. The van der Waals surface area contributed by atoms with Gasteiger partial charge in [-0.05, 0) is 13.1 Å². The molecule has 0 atom stereocenters. The third kappa shape index (κ3) is 3.46. The zero-order chi connectivity index (χ0) is 20.5. The summed E-state index contributed by atoms with van der Waals surface area (Å²) in [5.74, 6) is -0.0335. The van der Waals surface area contributed by atoms with Crippen LogP contribution in [0.1, 0.15) is 10.5 Å². The number of likely N-dealkylation sites (N-methyl/N-ethyl adjacent to an activating group) is 1. The van der Waals surface area contributed by atoms with Gasteiger partial charge in [-0.25, -0.2) is 9.50 Å². The van der Waals surface area contributed by atoms with Crippen molar-refractivity contribution < 1.29 is 4.79 Å². The van der Waals surface area contributed by atoms with Crippen molar-refractivity contribution in [3.63, 3.8) is 0 Å². The van der Waals surface area contributed by atoms with Gasteiger partial charge in [0, 0.05) is 43.4 Å². The first kappa shape index (κ1) is 18.5. The maximum absolute atomic E-state index is 13.1. The SMILES string of the molecule is CN1CCN(C(=O)c2cc3nc(-c4ccccc4)cc(-c4ccccc4)n3n2)CC1. The van der Waals surface area contributed by atoms with Crippen LogP contribution >= 0.6 is 0 Å². The summed E-state index contributed by atoms with van der Waals surface area (Å²) in [6.45, 7) is 3.20. The molecule has 6 nitrogen and oxygen atoms in total. The quantitative estimate of drug-likeness (QED) is 0.531. The predicted octanol–water partition coefficient (Wildman–Crippen LogP) is 3.45. The van der Waals surface area contributed by atoms with E-state index in [9.17, 15) is 4.79 Å². The first-order chi connectivity index (χ1) is 14.7. The van der Waals surface area contributed by atoms with Crippen LogP contribution in [-0.2, 0) is 0 Å². The third-order valence-corrected chi connectivity index (χ3v) is 5.58. The van der Waals surface area contributed by atoms with E-state index in [2.05, 4.69) is 17.0 Å². The number of fused-ring (bicyclic) bond motifs is 1. The Morgan fingerprint density at radius 3 is 2.13 bits per heavy atom. The molecule has 0 saturated carbocycles. The van der Waals surface area contributed by atoms with E-state index in [4.69, 9.17) is 4.98 Å². The summed E-state index contributed by atoms with van der Waals surface area (Å²) in [7, 11) is 2.08. The highest BCUT2D eigenvalue weighted by Gasteiger charge is 2.23. The minimum Gasteiger partial charge on any atom is -0.335 e. The lowest BCUT2D eigenvalue weighted by atomic mass is 10.1. The number of piperazine rings is 1. The number of rotatable bonds is 3. The number of benzene rings is 2. The van der Waals surface area contributed by atoms with E-state index >= 15 is 0 Å². The molecule has 0 bridgehead atoms. The number of aromatic nitrogens is 3. The number of hydrogen-bond acceptors (Lipinski definition) is 4. The molecule has 1 saturated heterocycles. The molecule has 2 aromatic carbocycles. The summed E-state index contributed by atoms with van der Waals surface area (Å²) in [6, 6.07) is 24.0. The Labute approximate surface area is 175 Å². The second kappa shape index (κ2) is 7.72. The van der Waals surface area contributed by atoms with Gasteiger partial charge in [-0.15, -0.1) is 0 Å². The Kier molecular flexibility index (Phi) is 4.77. The van der Waals surface area contributed by atoms with Gasteiger partial charge in [-0.2, -0.15) is 5.10 Å². The molecule has 1 amide bonds. The van der Waals surface area contributed by atoms with Crippen LogP contribution in [0.2, 0.25) is 0 Å². The maximum Gasteiger partial charge on any atom is 0.274 e. The second-order valence-corrected chi connectivity index (χ2v) is 7.65. The van der Waals surface area contributed by atoms with Crippen LogP contribution in [0.15, 0.2) is 72.8 Å². The molecule has 0 spiro atoms. The van der Waals surface area contributed by atoms with Crippen molar-refractivity contribution in [2.75, 3.05) is 33.2 Å². The van der Waals surface area contributed by atoms with E-state index in [1.165, 1.54) is 0 Å². The van der Waals surface area contributed by atoms with Crippen LogP contribution < -0.4 is 0 Å². The highest BCUT2D eigenvalue weighted by atomic mass is 16.2. The second-order valence-electron chi connectivity index (χ2n) is 7.65. The van der Waals surface area contributed by atoms with Crippen molar-refractivity contribution in [2.24, 2.45) is 0 Å². The van der Waals surface area contributed by atoms with Crippen molar-refractivity contribution in [3.8, 4) is 22.5 Å². The highest BCUT2D eigenvalue weighted by Crippen LogP contribution is 2.26. The normalized spacial score (nSPS) is 14.9. The van der Waals surface area contributed by atoms with Gasteiger partial charge in [0.25, 0.3) is 5.91 Å². The zero-order valence-electron chi connectivity index (χ0n) is 16.9. The summed E-state index contributed by atoms with van der Waals surface area (Å²) in [4.78, 5) is 22.0. The molecule has 6 heteroatoms. The van der Waals surface area contributed by atoms with Crippen LogP contribution in [-0.4, -0.2) is 63.5 Å². The Balaban J connectivity index is 1.62. The standard InChI is InChI=1S/C24H23N5O/c1-27-12-14-28(15-13-27)24(30)21-17-23-25-20(18-8-4-2-5-9-18)16-22(29(23)26-21)19-10-6-3-7-11-19/h2-11,16-17H,12-15H2,1H3. The number of carbonyl (C=O) groups is 1. The van der Waals surface area contributed by atoms with Gasteiger partial charge >= 0.3 is 0 Å². The number of hydrogen-bond donors (Lipinski definition) is 0. The van der Waals surface area contributed by atoms with E-state index in [0.29, 0.717) is 11.3 Å². The van der Waals surface area contributed by atoms with E-state index in [-0.39, 0.29) is 5.91 Å². The molecule has 30 heavy (non-hydrogen) atoms. The van der Waals surface area contributed by atoms with Gasteiger partial charge < -0.3 is 9.80 Å². The molecule has 0 N–H and O–H groups in total. The summed E-state index contributed by atoms with van der Waals surface area (Å²) in [6.07, 6.45) is 0. The molecule has 0 unspecified atom stereocenters. The number of amides is 1. The minimum absolute atomic E-state index is 0.0335. The van der Waals surface area contributed by atoms with Crippen LogP contribution in [0, 0.1) is 0 Å². The molecular weight excluding hydrogens is 374 g/mol. The largest absolute Gasteiger partial charge is 0.335 e. The fourth-order valence-corrected chi connectivity index (χ4v) is 3.82. The fourth-order valence-electron chi connectivity index (χ4n) is 3.82. The molecule has 1 aliphatic rings. The molecular formula is C24H23N5O.